The van der Waals surface area contributed by atoms with Gasteiger partial charge in [0.15, 0.2) is 0 Å². The topological polar surface area (TPSA) is 41.5 Å². The lowest BCUT2D eigenvalue weighted by atomic mass is 9.97. The Morgan fingerprint density at radius 2 is 2.07 bits per heavy atom. The lowest BCUT2D eigenvalue weighted by Crippen LogP contribution is -2.45. The molecule has 0 aliphatic carbocycles. The molecule has 0 saturated carbocycles. The van der Waals surface area contributed by atoms with Crippen LogP contribution >= 0.6 is 0 Å². The largest absolute Gasteiger partial charge is 0.394 e. The Bertz CT molecular complexity index is 151. The molecule has 0 aliphatic heterocycles. The summed E-state index contributed by atoms with van der Waals surface area (Å²) in [6, 6.07) is 0. The fourth-order valence-corrected chi connectivity index (χ4v) is 1.53. The van der Waals surface area contributed by atoms with Crippen molar-refractivity contribution in [3.8, 4) is 0 Å². The smallest absolute Gasteiger partial charge is 0.0610 e. The monoisotopic (exact) mass is 217 g/mol. The van der Waals surface area contributed by atoms with E-state index in [-0.39, 0.29) is 12.1 Å². The number of likely N-dealkylation sites (N-methyl/N-ethyl adjacent to an activating group) is 1. The molecule has 0 aliphatic rings. The Balaban J connectivity index is 3.54. The van der Waals surface area contributed by atoms with E-state index in [2.05, 4.69) is 33.0 Å². The van der Waals surface area contributed by atoms with Gasteiger partial charge in [0, 0.05) is 18.8 Å². The fraction of sp³-hybridized carbons (Fsp3) is 1.00. The van der Waals surface area contributed by atoms with E-state index in [1.165, 1.54) is 0 Å². The Morgan fingerprint density at radius 3 is 2.53 bits per heavy atom. The zero-order valence-corrected chi connectivity index (χ0v) is 10.7. The van der Waals surface area contributed by atoms with Crippen molar-refractivity contribution in [2.45, 2.75) is 46.1 Å². The van der Waals surface area contributed by atoms with Gasteiger partial charge in [0.2, 0.25) is 0 Å². The minimum Gasteiger partial charge on any atom is -0.394 e. The second-order valence-electron chi connectivity index (χ2n) is 4.82. The van der Waals surface area contributed by atoms with Crippen LogP contribution in [0, 0.1) is 5.92 Å². The van der Waals surface area contributed by atoms with Gasteiger partial charge < -0.3 is 15.2 Å². The van der Waals surface area contributed by atoms with Gasteiger partial charge in [-0.25, -0.2) is 0 Å². The molecule has 0 amide bonds. The highest BCUT2D eigenvalue weighted by Gasteiger charge is 2.20. The van der Waals surface area contributed by atoms with Crippen molar-refractivity contribution >= 4 is 0 Å². The normalized spacial score (nSPS) is 15.6. The molecule has 0 spiro atoms. The molecule has 0 bridgehead atoms. The van der Waals surface area contributed by atoms with Gasteiger partial charge in [0.1, 0.15) is 0 Å². The highest BCUT2D eigenvalue weighted by Crippen LogP contribution is 2.11. The van der Waals surface area contributed by atoms with Crippen molar-refractivity contribution in [1.29, 1.82) is 0 Å². The molecule has 0 fully saturated rings. The summed E-state index contributed by atoms with van der Waals surface area (Å²) >= 11 is 0. The maximum absolute atomic E-state index is 9.26. The lowest BCUT2D eigenvalue weighted by Gasteiger charge is -2.28. The first-order valence-electron chi connectivity index (χ1n) is 5.97. The standard InChI is InChI=1S/C12H27NO2/c1-5-13-12(4,10-14)7-6-8-15-9-11(2)3/h11,13-14H,5-10H2,1-4H3. The molecular weight excluding hydrogens is 190 g/mol. The first kappa shape index (κ1) is 14.9. The van der Waals surface area contributed by atoms with Crippen LogP contribution in [-0.4, -0.2) is 37.0 Å². The highest BCUT2D eigenvalue weighted by molar-refractivity contribution is 4.81. The van der Waals surface area contributed by atoms with Gasteiger partial charge in [-0.05, 0) is 32.2 Å². The molecule has 0 aromatic carbocycles. The van der Waals surface area contributed by atoms with Crippen molar-refractivity contribution < 1.29 is 9.84 Å². The average Bonchev–Trinajstić information content (AvgIpc) is 2.17. The Hall–Kier alpha value is -0.120. The maximum Gasteiger partial charge on any atom is 0.0610 e. The molecule has 0 rings (SSSR count). The molecule has 3 heteroatoms. The van der Waals surface area contributed by atoms with Gasteiger partial charge in [0.25, 0.3) is 0 Å². The second-order valence-corrected chi connectivity index (χ2v) is 4.82. The molecule has 2 N–H and O–H groups in total. The van der Waals surface area contributed by atoms with Crippen LogP contribution in [0.25, 0.3) is 0 Å². The molecule has 1 atom stereocenters. The van der Waals surface area contributed by atoms with Crippen LogP contribution < -0.4 is 5.32 Å². The van der Waals surface area contributed by atoms with Crippen LogP contribution in [0.3, 0.4) is 0 Å². The van der Waals surface area contributed by atoms with E-state index < -0.39 is 0 Å². The molecule has 3 nitrogen and oxygen atoms in total. The first-order chi connectivity index (χ1) is 7.04. The van der Waals surface area contributed by atoms with Gasteiger partial charge in [0.05, 0.1) is 6.61 Å². The molecule has 0 aromatic heterocycles. The Labute approximate surface area is 94.2 Å². The zero-order chi connectivity index (χ0) is 11.7. The van der Waals surface area contributed by atoms with Gasteiger partial charge in [-0.3, -0.25) is 0 Å². The molecule has 0 saturated heterocycles. The third-order valence-corrected chi connectivity index (χ3v) is 2.42. The van der Waals surface area contributed by atoms with Crippen LogP contribution in [0.2, 0.25) is 0 Å². The van der Waals surface area contributed by atoms with Gasteiger partial charge >= 0.3 is 0 Å². The quantitative estimate of drug-likeness (QED) is 0.579. The van der Waals surface area contributed by atoms with Crippen molar-refractivity contribution in [1.82, 2.24) is 5.32 Å². The maximum atomic E-state index is 9.26. The number of aliphatic hydroxyl groups is 1. The molecule has 0 radical (unpaired) electrons. The van der Waals surface area contributed by atoms with Crippen LogP contribution in [0.15, 0.2) is 0 Å². The summed E-state index contributed by atoms with van der Waals surface area (Å²) < 4.78 is 5.50. The Kier molecular flexibility index (Phi) is 8.02. The van der Waals surface area contributed by atoms with Gasteiger partial charge in [-0.1, -0.05) is 20.8 Å². The summed E-state index contributed by atoms with van der Waals surface area (Å²) in [6.07, 6.45) is 1.95. The Morgan fingerprint density at radius 1 is 1.40 bits per heavy atom. The molecule has 0 heterocycles. The van der Waals surface area contributed by atoms with E-state index in [9.17, 15) is 5.11 Å². The third kappa shape index (κ3) is 7.77. The van der Waals surface area contributed by atoms with Crippen molar-refractivity contribution in [3.05, 3.63) is 0 Å². The van der Waals surface area contributed by atoms with E-state index in [0.717, 1.165) is 32.6 Å². The summed E-state index contributed by atoms with van der Waals surface area (Å²) in [5.41, 5.74) is -0.143. The zero-order valence-electron chi connectivity index (χ0n) is 10.7. The molecule has 92 valence electrons. The van der Waals surface area contributed by atoms with Crippen LogP contribution in [0.4, 0.5) is 0 Å². The van der Waals surface area contributed by atoms with Crippen LogP contribution in [0.1, 0.15) is 40.5 Å². The molecule has 1 unspecified atom stereocenters. The summed E-state index contributed by atoms with van der Waals surface area (Å²) in [4.78, 5) is 0. The van der Waals surface area contributed by atoms with E-state index in [1.54, 1.807) is 0 Å². The highest BCUT2D eigenvalue weighted by atomic mass is 16.5. The fourth-order valence-electron chi connectivity index (χ4n) is 1.53. The first-order valence-corrected chi connectivity index (χ1v) is 5.97. The van der Waals surface area contributed by atoms with Gasteiger partial charge in [-0.15, -0.1) is 0 Å². The van der Waals surface area contributed by atoms with Crippen molar-refractivity contribution in [3.63, 3.8) is 0 Å². The SMILES string of the molecule is CCNC(C)(CO)CCCOCC(C)C. The van der Waals surface area contributed by atoms with Crippen molar-refractivity contribution in [2.75, 3.05) is 26.4 Å². The minimum absolute atomic E-state index is 0.143. The number of rotatable bonds is 9. The summed E-state index contributed by atoms with van der Waals surface area (Å²) in [7, 11) is 0. The number of aliphatic hydroxyl groups excluding tert-OH is 1. The van der Waals surface area contributed by atoms with Crippen LogP contribution in [-0.2, 0) is 4.74 Å². The number of hydrogen-bond donors (Lipinski definition) is 2. The van der Waals surface area contributed by atoms with E-state index in [0.29, 0.717) is 5.92 Å². The second kappa shape index (κ2) is 8.08. The summed E-state index contributed by atoms with van der Waals surface area (Å²) in [6.45, 7) is 11.1. The van der Waals surface area contributed by atoms with E-state index >= 15 is 0 Å². The predicted octanol–water partition coefficient (Wildman–Crippen LogP) is 1.80. The summed E-state index contributed by atoms with van der Waals surface area (Å²) in [5, 5.41) is 12.6. The number of ether oxygens (including phenoxy) is 1. The third-order valence-electron chi connectivity index (χ3n) is 2.42. The predicted molar refractivity (Wildman–Crippen MR) is 64.1 cm³/mol. The van der Waals surface area contributed by atoms with E-state index in [1.807, 2.05) is 0 Å². The lowest BCUT2D eigenvalue weighted by molar-refractivity contribution is 0.0932. The molecule has 0 aromatic rings. The summed E-state index contributed by atoms with van der Waals surface area (Å²) in [5.74, 6) is 0.600. The van der Waals surface area contributed by atoms with Crippen LogP contribution in [0.5, 0.6) is 0 Å². The average molecular weight is 217 g/mol. The molecule has 15 heavy (non-hydrogen) atoms. The number of hydrogen-bond acceptors (Lipinski definition) is 3. The number of nitrogens with one attached hydrogen (secondary N) is 1. The minimum atomic E-state index is -0.143. The molecular formula is C12H27NO2. The van der Waals surface area contributed by atoms with E-state index in [4.69, 9.17) is 4.74 Å². The van der Waals surface area contributed by atoms with Crippen molar-refractivity contribution in [2.24, 2.45) is 5.92 Å². The van der Waals surface area contributed by atoms with Gasteiger partial charge in [-0.2, -0.15) is 0 Å².